The van der Waals surface area contributed by atoms with Gasteiger partial charge in [-0.05, 0) is 25.3 Å². The molecule has 0 saturated carbocycles. The highest BCUT2D eigenvalue weighted by Crippen LogP contribution is 2.19. The molecule has 64 valence electrons. The van der Waals surface area contributed by atoms with Crippen molar-refractivity contribution in [2.75, 3.05) is 6.26 Å². The Morgan fingerprint density at radius 2 is 2.25 bits per heavy atom. The molecule has 0 aromatic heterocycles. The summed E-state index contributed by atoms with van der Waals surface area (Å²) >= 11 is 1.64. The quantitative estimate of drug-likeness (QED) is 0.329. The smallest absolute Gasteiger partial charge is 0.0745 e. The SMILES string of the molecule is CSc1ccc(C)cc1C=NO. The maximum atomic E-state index is 8.39. The van der Waals surface area contributed by atoms with Crippen LogP contribution in [0.4, 0.5) is 0 Å². The maximum Gasteiger partial charge on any atom is 0.0745 e. The molecule has 1 N–H and O–H groups in total. The van der Waals surface area contributed by atoms with E-state index in [0.29, 0.717) is 0 Å². The minimum Gasteiger partial charge on any atom is -0.411 e. The number of aryl methyl sites for hydroxylation is 1. The molecule has 0 heterocycles. The highest BCUT2D eigenvalue weighted by Gasteiger charge is 1.98. The molecule has 0 aliphatic carbocycles. The Balaban J connectivity index is 3.12. The summed E-state index contributed by atoms with van der Waals surface area (Å²) in [5.74, 6) is 0. The molecule has 0 amide bonds. The molecule has 12 heavy (non-hydrogen) atoms. The Morgan fingerprint density at radius 1 is 1.50 bits per heavy atom. The number of thioether (sulfide) groups is 1. The number of oxime groups is 1. The van der Waals surface area contributed by atoms with Crippen LogP contribution in [0, 0.1) is 6.92 Å². The molecule has 0 unspecified atom stereocenters. The summed E-state index contributed by atoms with van der Waals surface area (Å²) in [6, 6.07) is 6.06. The average Bonchev–Trinajstić information content (AvgIpc) is 2.05. The predicted molar refractivity (Wildman–Crippen MR) is 52.3 cm³/mol. The first kappa shape index (κ1) is 9.13. The fourth-order valence-electron chi connectivity index (χ4n) is 1.02. The molecule has 0 saturated heterocycles. The molecule has 1 aromatic carbocycles. The minimum absolute atomic E-state index is 0.963. The molecule has 2 nitrogen and oxygen atoms in total. The minimum atomic E-state index is 0.963. The van der Waals surface area contributed by atoms with Crippen molar-refractivity contribution in [3.8, 4) is 0 Å². The van der Waals surface area contributed by atoms with E-state index < -0.39 is 0 Å². The zero-order valence-corrected chi connectivity index (χ0v) is 7.93. The number of hydrogen-bond acceptors (Lipinski definition) is 3. The van der Waals surface area contributed by atoms with E-state index in [4.69, 9.17) is 5.21 Å². The van der Waals surface area contributed by atoms with Crippen LogP contribution < -0.4 is 0 Å². The average molecular weight is 181 g/mol. The third kappa shape index (κ3) is 2.01. The highest BCUT2D eigenvalue weighted by atomic mass is 32.2. The van der Waals surface area contributed by atoms with Gasteiger partial charge >= 0.3 is 0 Å². The van der Waals surface area contributed by atoms with Crippen LogP contribution in [-0.4, -0.2) is 17.7 Å². The van der Waals surface area contributed by atoms with Gasteiger partial charge in [0, 0.05) is 10.5 Å². The second kappa shape index (κ2) is 4.16. The summed E-state index contributed by atoms with van der Waals surface area (Å²) < 4.78 is 0. The normalized spacial score (nSPS) is 10.8. The number of hydrogen-bond donors (Lipinski definition) is 1. The van der Waals surface area contributed by atoms with Gasteiger partial charge in [-0.1, -0.05) is 16.8 Å². The predicted octanol–water partition coefficient (Wildman–Crippen LogP) is 2.53. The van der Waals surface area contributed by atoms with E-state index >= 15 is 0 Å². The van der Waals surface area contributed by atoms with Crippen molar-refractivity contribution in [2.45, 2.75) is 11.8 Å². The molecule has 1 aromatic rings. The first-order chi connectivity index (χ1) is 5.77. The monoisotopic (exact) mass is 181 g/mol. The molecule has 0 spiro atoms. The number of rotatable bonds is 2. The molecule has 0 aliphatic heterocycles. The molecule has 0 aliphatic rings. The van der Waals surface area contributed by atoms with Gasteiger partial charge < -0.3 is 5.21 Å². The maximum absolute atomic E-state index is 8.39. The Hall–Kier alpha value is -0.960. The second-order valence-electron chi connectivity index (χ2n) is 2.49. The lowest BCUT2D eigenvalue weighted by Gasteiger charge is -2.01. The van der Waals surface area contributed by atoms with Gasteiger partial charge in [0.1, 0.15) is 0 Å². The fraction of sp³-hybridized carbons (Fsp3) is 0.222. The van der Waals surface area contributed by atoms with Crippen molar-refractivity contribution in [3.63, 3.8) is 0 Å². The summed E-state index contributed by atoms with van der Waals surface area (Å²) in [5, 5.41) is 11.4. The molecule has 0 radical (unpaired) electrons. The van der Waals surface area contributed by atoms with Gasteiger partial charge in [-0.15, -0.1) is 11.8 Å². The summed E-state index contributed by atoms with van der Waals surface area (Å²) in [6.07, 6.45) is 3.46. The van der Waals surface area contributed by atoms with Gasteiger partial charge in [-0.2, -0.15) is 0 Å². The Labute approximate surface area is 76.3 Å². The summed E-state index contributed by atoms with van der Waals surface area (Å²) in [6.45, 7) is 2.01. The third-order valence-electron chi connectivity index (χ3n) is 1.58. The van der Waals surface area contributed by atoms with Crippen LogP contribution in [-0.2, 0) is 0 Å². The van der Waals surface area contributed by atoms with Gasteiger partial charge in [0.25, 0.3) is 0 Å². The van der Waals surface area contributed by atoms with Gasteiger partial charge in [0.2, 0.25) is 0 Å². The van der Waals surface area contributed by atoms with Gasteiger partial charge in [-0.25, -0.2) is 0 Å². The van der Waals surface area contributed by atoms with Crippen molar-refractivity contribution >= 4 is 18.0 Å². The lowest BCUT2D eigenvalue weighted by molar-refractivity contribution is 0.322. The van der Waals surface area contributed by atoms with Gasteiger partial charge in [-0.3, -0.25) is 0 Å². The summed E-state index contributed by atoms with van der Waals surface area (Å²) in [7, 11) is 0. The van der Waals surface area contributed by atoms with Crippen molar-refractivity contribution in [2.24, 2.45) is 5.16 Å². The van der Waals surface area contributed by atoms with E-state index in [1.54, 1.807) is 11.8 Å². The second-order valence-corrected chi connectivity index (χ2v) is 3.34. The van der Waals surface area contributed by atoms with E-state index in [1.807, 2.05) is 31.4 Å². The Kier molecular flexibility index (Phi) is 3.17. The van der Waals surface area contributed by atoms with Gasteiger partial charge in [0.15, 0.2) is 0 Å². The van der Waals surface area contributed by atoms with Crippen LogP contribution in [0.5, 0.6) is 0 Å². The van der Waals surface area contributed by atoms with E-state index in [1.165, 1.54) is 11.8 Å². The van der Waals surface area contributed by atoms with Crippen LogP contribution in [0.25, 0.3) is 0 Å². The van der Waals surface area contributed by atoms with E-state index in [0.717, 1.165) is 10.5 Å². The highest BCUT2D eigenvalue weighted by molar-refractivity contribution is 7.98. The van der Waals surface area contributed by atoms with E-state index in [2.05, 4.69) is 5.16 Å². The molecule has 0 bridgehead atoms. The van der Waals surface area contributed by atoms with E-state index in [9.17, 15) is 0 Å². The van der Waals surface area contributed by atoms with Crippen LogP contribution in [0.2, 0.25) is 0 Å². The van der Waals surface area contributed by atoms with E-state index in [-0.39, 0.29) is 0 Å². The third-order valence-corrected chi connectivity index (χ3v) is 2.39. The molecule has 0 atom stereocenters. The first-order valence-corrected chi connectivity index (χ1v) is 4.82. The van der Waals surface area contributed by atoms with Crippen molar-refractivity contribution < 1.29 is 5.21 Å². The standard InChI is InChI=1S/C9H11NOS/c1-7-3-4-9(12-2)8(5-7)6-10-11/h3-6,11H,1-2H3. The molecular formula is C9H11NOS. The molecular weight excluding hydrogens is 170 g/mol. The van der Waals surface area contributed by atoms with Gasteiger partial charge in [0.05, 0.1) is 6.21 Å². The topological polar surface area (TPSA) is 32.6 Å². The van der Waals surface area contributed by atoms with Crippen LogP contribution in [0.15, 0.2) is 28.3 Å². The van der Waals surface area contributed by atoms with Crippen molar-refractivity contribution in [1.29, 1.82) is 0 Å². The van der Waals surface area contributed by atoms with Crippen LogP contribution >= 0.6 is 11.8 Å². The molecule has 0 fully saturated rings. The number of benzene rings is 1. The van der Waals surface area contributed by atoms with Crippen molar-refractivity contribution in [3.05, 3.63) is 29.3 Å². The summed E-state index contributed by atoms with van der Waals surface area (Å²) in [5.41, 5.74) is 2.13. The Morgan fingerprint density at radius 3 is 2.83 bits per heavy atom. The lowest BCUT2D eigenvalue weighted by Crippen LogP contribution is -1.86. The van der Waals surface area contributed by atoms with Crippen molar-refractivity contribution in [1.82, 2.24) is 0 Å². The van der Waals surface area contributed by atoms with Crippen LogP contribution in [0.3, 0.4) is 0 Å². The Bertz CT molecular complexity index is 297. The molecule has 3 heteroatoms. The fourth-order valence-corrected chi connectivity index (χ4v) is 1.57. The van der Waals surface area contributed by atoms with Crippen LogP contribution in [0.1, 0.15) is 11.1 Å². The summed E-state index contributed by atoms with van der Waals surface area (Å²) in [4.78, 5) is 1.12. The molecule has 1 rings (SSSR count). The largest absolute Gasteiger partial charge is 0.411 e. The zero-order chi connectivity index (χ0) is 8.97. The first-order valence-electron chi connectivity index (χ1n) is 3.60. The number of nitrogens with zero attached hydrogens (tertiary/aromatic N) is 1. The zero-order valence-electron chi connectivity index (χ0n) is 7.11. The lowest BCUT2D eigenvalue weighted by atomic mass is 10.1.